The number of amides is 2. The molecule has 0 saturated heterocycles. The van der Waals surface area contributed by atoms with E-state index in [1.807, 2.05) is 0 Å². The molecule has 1 aliphatic rings. The number of hydrogen-bond donors (Lipinski definition) is 2. The second-order valence-electron chi connectivity index (χ2n) is 8.23. The molecule has 36 heavy (non-hydrogen) atoms. The van der Waals surface area contributed by atoms with Gasteiger partial charge in [0.05, 0.1) is 12.7 Å². The van der Waals surface area contributed by atoms with Crippen LogP contribution in [0.1, 0.15) is 57.8 Å². The van der Waals surface area contributed by atoms with Gasteiger partial charge in [-0.3, -0.25) is 0 Å². The van der Waals surface area contributed by atoms with Crippen LogP contribution in [0.5, 0.6) is 0 Å². The maximum atomic E-state index is 12.0. The maximum Gasteiger partial charge on any atom is 0.407 e. The number of alkyl carbamates (subject to hydrolysis) is 2. The van der Waals surface area contributed by atoms with Gasteiger partial charge in [0, 0.05) is 25.2 Å². The van der Waals surface area contributed by atoms with Crippen LogP contribution in [-0.4, -0.2) is 75.9 Å². The fourth-order valence-corrected chi connectivity index (χ4v) is 3.39. The molecule has 0 aliphatic heterocycles. The van der Waals surface area contributed by atoms with Crippen LogP contribution in [0.3, 0.4) is 0 Å². The first kappa shape index (κ1) is 31.0. The van der Waals surface area contributed by atoms with Crippen LogP contribution in [0.2, 0.25) is 0 Å². The molecule has 11 heteroatoms. The van der Waals surface area contributed by atoms with Gasteiger partial charge in [0.2, 0.25) is 0 Å². The molecule has 1 saturated carbocycles. The number of rotatable bonds is 18. The predicted octanol–water partition coefficient (Wildman–Crippen LogP) is 3.18. The van der Waals surface area contributed by atoms with Crippen molar-refractivity contribution in [3.8, 4) is 0 Å². The molecule has 2 amide bonds. The Morgan fingerprint density at radius 1 is 0.750 bits per heavy atom. The Morgan fingerprint density at radius 3 is 1.94 bits per heavy atom. The van der Waals surface area contributed by atoms with Crippen LogP contribution in [0.15, 0.2) is 25.3 Å². The topological polar surface area (TPSA) is 138 Å². The van der Waals surface area contributed by atoms with Gasteiger partial charge in [-0.05, 0) is 25.7 Å². The molecule has 1 unspecified atom stereocenters. The van der Waals surface area contributed by atoms with Gasteiger partial charge in [0.1, 0.15) is 19.8 Å². The molecule has 0 aromatic carbocycles. The molecular weight excluding hydrogens is 472 g/mol. The standard InChI is InChI=1S/C25H40N2O9/c1-3-22(28)32-16-17-33-24(30)26-14-10-5-6-11-15-27-25(31)35-19-21(36-23(29)4-2)18-34-20-12-8-7-9-13-20/h3-4,20-21H,1-2,5-19H2,(H,26,30)(H,27,31). The molecular formula is C25H40N2O9. The lowest BCUT2D eigenvalue weighted by atomic mass is 9.98. The number of ether oxygens (including phenoxy) is 5. The van der Waals surface area contributed by atoms with Crippen molar-refractivity contribution in [1.29, 1.82) is 0 Å². The summed E-state index contributed by atoms with van der Waals surface area (Å²) in [5.74, 6) is -1.16. The minimum Gasteiger partial charge on any atom is -0.459 e. The Hall–Kier alpha value is -3.08. The lowest BCUT2D eigenvalue weighted by molar-refractivity contribution is -0.150. The van der Waals surface area contributed by atoms with Crippen molar-refractivity contribution < 1.29 is 42.9 Å². The SMILES string of the molecule is C=CC(=O)OCCOC(=O)NCCCCCCNC(=O)OCC(COC1CCCCC1)OC(=O)C=C. The Morgan fingerprint density at radius 2 is 1.33 bits per heavy atom. The Kier molecular flexibility index (Phi) is 17.3. The van der Waals surface area contributed by atoms with E-state index >= 15 is 0 Å². The second kappa shape index (κ2) is 20.1. The van der Waals surface area contributed by atoms with E-state index in [1.54, 1.807) is 0 Å². The summed E-state index contributed by atoms with van der Waals surface area (Å²) in [6, 6.07) is 0. The number of unbranched alkanes of at least 4 members (excludes halogenated alkanes) is 3. The molecule has 204 valence electrons. The van der Waals surface area contributed by atoms with Crippen LogP contribution in [0, 0.1) is 0 Å². The van der Waals surface area contributed by atoms with E-state index < -0.39 is 30.2 Å². The van der Waals surface area contributed by atoms with Crippen molar-refractivity contribution in [3.63, 3.8) is 0 Å². The molecule has 0 bridgehead atoms. The van der Waals surface area contributed by atoms with Crippen molar-refractivity contribution >= 4 is 24.1 Å². The van der Waals surface area contributed by atoms with Crippen molar-refractivity contribution in [1.82, 2.24) is 10.6 Å². The van der Waals surface area contributed by atoms with Crippen LogP contribution in [0.4, 0.5) is 9.59 Å². The Bertz CT molecular complexity index is 693. The highest BCUT2D eigenvalue weighted by molar-refractivity contribution is 5.81. The number of nitrogens with one attached hydrogen (secondary N) is 2. The van der Waals surface area contributed by atoms with Gasteiger partial charge in [-0.25, -0.2) is 19.2 Å². The second-order valence-corrected chi connectivity index (χ2v) is 8.23. The minimum absolute atomic E-state index is 0.0252. The van der Waals surface area contributed by atoms with Crippen molar-refractivity contribution in [2.45, 2.75) is 70.0 Å². The quantitative estimate of drug-likeness (QED) is 0.123. The summed E-state index contributed by atoms with van der Waals surface area (Å²) in [4.78, 5) is 45.8. The first-order valence-electron chi connectivity index (χ1n) is 12.5. The van der Waals surface area contributed by atoms with Gasteiger partial charge in [-0.1, -0.05) is 45.3 Å². The summed E-state index contributed by atoms with van der Waals surface area (Å²) in [6.45, 7) is 7.55. The van der Waals surface area contributed by atoms with Crippen molar-refractivity contribution in [2.24, 2.45) is 0 Å². The van der Waals surface area contributed by atoms with Crippen molar-refractivity contribution in [3.05, 3.63) is 25.3 Å². The third kappa shape index (κ3) is 16.5. The monoisotopic (exact) mass is 512 g/mol. The van der Waals surface area contributed by atoms with E-state index in [2.05, 4.69) is 28.5 Å². The highest BCUT2D eigenvalue weighted by Crippen LogP contribution is 2.20. The fraction of sp³-hybridized carbons (Fsp3) is 0.680. The summed E-state index contributed by atoms with van der Waals surface area (Å²) in [5, 5.41) is 5.27. The largest absolute Gasteiger partial charge is 0.459 e. The molecule has 11 nitrogen and oxygen atoms in total. The first-order valence-corrected chi connectivity index (χ1v) is 12.5. The molecule has 1 atom stereocenters. The third-order valence-electron chi connectivity index (χ3n) is 5.29. The number of hydrogen-bond acceptors (Lipinski definition) is 9. The van der Waals surface area contributed by atoms with Crippen molar-refractivity contribution in [2.75, 3.05) is 39.5 Å². The molecule has 0 heterocycles. The van der Waals surface area contributed by atoms with Crippen LogP contribution >= 0.6 is 0 Å². The predicted molar refractivity (Wildman–Crippen MR) is 131 cm³/mol. The average molecular weight is 513 g/mol. The van der Waals surface area contributed by atoms with E-state index in [0.29, 0.717) is 13.1 Å². The zero-order chi connectivity index (χ0) is 26.4. The highest BCUT2D eigenvalue weighted by Gasteiger charge is 2.20. The van der Waals surface area contributed by atoms with E-state index in [0.717, 1.165) is 63.5 Å². The minimum atomic E-state index is -0.690. The maximum absolute atomic E-state index is 12.0. The van der Waals surface area contributed by atoms with Gasteiger partial charge in [0.25, 0.3) is 0 Å². The van der Waals surface area contributed by atoms with Gasteiger partial charge < -0.3 is 34.3 Å². The lowest BCUT2D eigenvalue weighted by Crippen LogP contribution is -2.34. The van der Waals surface area contributed by atoms with Crippen LogP contribution in [0.25, 0.3) is 0 Å². The molecule has 0 aromatic rings. The van der Waals surface area contributed by atoms with Gasteiger partial charge >= 0.3 is 24.1 Å². The first-order chi connectivity index (χ1) is 17.4. The average Bonchev–Trinajstić information content (AvgIpc) is 2.89. The molecule has 0 spiro atoms. The highest BCUT2D eigenvalue weighted by atomic mass is 16.6. The molecule has 1 fully saturated rings. The normalized spacial score (nSPS) is 14.1. The van der Waals surface area contributed by atoms with Crippen LogP contribution in [-0.2, 0) is 33.3 Å². The summed E-state index contributed by atoms with van der Waals surface area (Å²) < 4.78 is 25.8. The molecule has 0 aromatic heterocycles. The van der Waals surface area contributed by atoms with E-state index in [1.165, 1.54) is 6.42 Å². The summed E-state index contributed by atoms with van der Waals surface area (Å²) in [5.41, 5.74) is 0. The lowest BCUT2D eigenvalue weighted by Gasteiger charge is -2.24. The number of esters is 2. The zero-order valence-electron chi connectivity index (χ0n) is 21.0. The van der Waals surface area contributed by atoms with E-state index in [-0.39, 0.29) is 32.5 Å². The zero-order valence-corrected chi connectivity index (χ0v) is 21.0. The molecule has 0 radical (unpaired) electrons. The third-order valence-corrected chi connectivity index (χ3v) is 5.29. The summed E-state index contributed by atoms with van der Waals surface area (Å²) >= 11 is 0. The molecule has 1 aliphatic carbocycles. The van der Waals surface area contributed by atoms with Crippen LogP contribution < -0.4 is 10.6 Å². The van der Waals surface area contributed by atoms with Gasteiger partial charge in [-0.2, -0.15) is 0 Å². The summed E-state index contributed by atoms with van der Waals surface area (Å²) in [7, 11) is 0. The smallest absolute Gasteiger partial charge is 0.407 e. The molecule has 2 N–H and O–H groups in total. The Labute approximate surface area is 212 Å². The number of carbonyl (C=O) groups excluding carboxylic acids is 4. The fourth-order valence-electron chi connectivity index (χ4n) is 3.39. The van der Waals surface area contributed by atoms with Gasteiger partial charge in [0.15, 0.2) is 6.10 Å². The summed E-state index contributed by atoms with van der Waals surface area (Å²) in [6.07, 6.45) is 9.02. The van der Waals surface area contributed by atoms with E-state index in [4.69, 9.17) is 18.9 Å². The molecule has 1 rings (SSSR count). The number of carbonyl (C=O) groups is 4. The van der Waals surface area contributed by atoms with Gasteiger partial charge in [-0.15, -0.1) is 0 Å². The van der Waals surface area contributed by atoms with E-state index in [9.17, 15) is 19.2 Å². The Balaban J connectivity index is 2.06.